The van der Waals surface area contributed by atoms with Crippen molar-refractivity contribution in [2.75, 3.05) is 18.4 Å². The maximum atomic E-state index is 5.78. The number of hydrogen-bond acceptors (Lipinski definition) is 3. The third kappa shape index (κ3) is 2.03. The van der Waals surface area contributed by atoms with Gasteiger partial charge in [-0.2, -0.15) is 0 Å². The molecule has 86 valence electrons. The number of nitrogens with one attached hydrogen (secondary N) is 1. The van der Waals surface area contributed by atoms with Crippen LogP contribution in [0.2, 0.25) is 0 Å². The molecule has 16 heavy (non-hydrogen) atoms. The highest BCUT2D eigenvalue weighted by molar-refractivity contribution is 5.92. The van der Waals surface area contributed by atoms with Crippen LogP contribution in [0.3, 0.4) is 0 Å². The summed E-state index contributed by atoms with van der Waals surface area (Å²) in [4.78, 5) is 0. The molecule has 5 N–H and O–H groups in total. The summed E-state index contributed by atoms with van der Waals surface area (Å²) in [6.45, 7) is 1.20. The van der Waals surface area contributed by atoms with Crippen LogP contribution in [0.5, 0.6) is 0 Å². The van der Waals surface area contributed by atoms with Crippen LogP contribution >= 0.6 is 0 Å². The summed E-state index contributed by atoms with van der Waals surface area (Å²) in [6.07, 6.45) is 2.08. The van der Waals surface area contributed by atoms with E-state index in [0.29, 0.717) is 13.1 Å². The molecule has 0 aliphatic heterocycles. The van der Waals surface area contributed by atoms with E-state index in [-0.39, 0.29) is 6.04 Å². The molecule has 4 heteroatoms. The van der Waals surface area contributed by atoms with Crippen molar-refractivity contribution in [3.63, 3.8) is 0 Å². The minimum atomic E-state index is -0.000955. The topological polar surface area (TPSA) is 69.0 Å². The van der Waals surface area contributed by atoms with Crippen LogP contribution in [0, 0.1) is 0 Å². The molecule has 0 saturated heterocycles. The number of benzene rings is 1. The van der Waals surface area contributed by atoms with Gasteiger partial charge in [0.25, 0.3) is 0 Å². The standard InChI is InChI=1S/C12H18N4/c1-16-8-11(15-7-9(14)6-13)10-4-2-3-5-12(10)16/h2-5,8-9,15H,6-7,13-14H2,1H3. The van der Waals surface area contributed by atoms with Crippen molar-refractivity contribution < 1.29 is 0 Å². The van der Waals surface area contributed by atoms with E-state index >= 15 is 0 Å². The average molecular weight is 218 g/mol. The lowest BCUT2D eigenvalue weighted by molar-refractivity contribution is 0.713. The average Bonchev–Trinajstić information content (AvgIpc) is 2.64. The molecule has 0 fully saturated rings. The minimum absolute atomic E-state index is 0.000955. The number of aryl methyl sites for hydroxylation is 1. The molecule has 1 atom stereocenters. The van der Waals surface area contributed by atoms with Crippen LogP contribution in [0.15, 0.2) is 30.5 Å². The quantitative estimate of drug-likeness (QED) is 0.713. The van der Waals surface area contributed by atoms with Gasteiger partial charge in [0.15, 0.2) is 0 Å². The highest BCUT2D eigenvalue weighted by atomic mass is 15.0. The zero-order valence-electron chi connectivity index (χ0n) is 9.48. The van der Waals surface area contributed by atoms with Gasteiger partial charge in [-0.1, -0.05) is 18.2 Å². The molecule has 1 unspecified atom stereocenters. The molecular weight excluding hydrogens is 200 g/mol. The zero-order chi connectivity index (χ0) is 11.5. The van der Waals surface area contributed by atoms with Crippen molar-refractivity contribution in [2.24, 2.45) is 18.5 Å². The molecule has 2 aromatic rings. The van der Waals surface area contributed by atoms with Crippen LogP contribution in [0.25, 0.3) is 10.9 Å². The smallest absolute Gasteiger partial charge is 0.0600 e. The van der Waals surface area contributed by atoms with Gasteiger partial charge in [-0.25, -0.2) is 0 Å². The largest absolute Gasteiger partial charge is 0.382 e. The predicted molar refractivity (Wildman–Crippen MR) is 68.4 cm³/mol. The second-order valence-corrected chi connectivity index (χ2v) is 4.05. The number of aromatic nitrogens is 1. The van der Waals surface area contributed by atoms with Crippen molar-refractivity contribution in [1.82, 2.24) is 4.57 Å². The van der Waals surface area contributed by atoms with Gasteiger partial charge in [0.2, 0.25) is 0 Å². The van der Waals surface area contributed by atoms with E-state index in [4.69, 9.17) is 11.5 Å². The Bertz CT molecular complexity index is 475. The van der Waals surface area contributed by atoms with Gasteiger partial charge in [-0.05, 0) is 6.07 Å². The first-order valence-electron chi connectivity index (χ1n) is 5.46. The van der Waals surface area contributed by atoms with E-state index in [2.05, 4.69) is 28.2 Å². The fraction of sp³-hybridized carbons (Fsp3) is 0.333. The summed E-state index contributed by atoms with van der Waals surface area (Å²) < 4.78 is 2.10. The molecule has 0 saturated carbocycles. The Kier molecular flexibility index (Phi) is 3.12. The monoisotopic (exact) mass is 218 g/mol. The number of nitrogens with two attached hydrogens (primary N) is 2. The molecule has 0 aliphatic rings. The number of anilines is 1. The van der Waals surface area contributed by atoms with Crippen LogP contribution in [-0.2, 0) is 7.05 Å². The van der Waals surface area contributed by atoms with Crippen molar-refractivity contribution >= 4 is 16.6 Å². The second kappa shape index (κ2) is 4.55. The normalized spacial score (nSPS) is 12.9. The summed E-state index contributed by atoms with van der Waals surface area (Å²) in [5.41, 5.74) is 13.6. The van der Waals surface area contributed by atoms with Gasteiger partial charge in [-0.15, -0.1) is 0 Å². The zero-order valence-corrected chi connectivity index (χ0v) is 9.48. The van der Waals surface area contributed by atoms with Crippen molar-refractivity contribution in [2.45, 2.75) is 6.04 Å². The van der Waals surface area contributed by atoms with E-state index in [1.54, 1.807) is 0 Å². The number of para-hydroxylation sites is 1. The van der Waals surface area contributed by atoms with Gasteiger partial charge in [0.1, 0.15) is 0 Å². The lowest BCUT2D eigenvalue weighted by atomic mass is 10.2. The molecule has 0 aliphatic carbocycles. The maximum Gasteiger partial charge on any atom is 0.0600 e. The van der Waals surface area contributed by atoms with Gasteiger partial charge >= 0.3 is 0 Å². The molecular formula is C12H18N4. The summed E-state index contributed by atoms with van der Waals surface area (Å²) >= 11 is 0. The van der Waals surface area contributed by atoms with Gasteiger partial charge in [0.05, 0.1) is 5.69 Å². The minimum Gasteiger partial charge on any atom is -0.382 e. The Morgan fingerprint density at radius 1 is 1.38 bits per heavy atom. The molecule has 0 bridgehead atoms. The van der Waals surface area contributed by atoms with E-state index in [0.717, 1.165) is 5.69 Å². The molecule has 0 amide bonds. The lowest BCUT2D eigenvalue weighted by Gasteiger charge is -2.10. The van der Waals surface area contributed by atoms with E-state index < -0.39 is 0 Å². The maximum absolute atomic E-state index is 5.78. The molecule has 1 aromatic carbocycles. The van der Waals surface area contributed by atoms with Crippen molar-refractivity contribution in [3.05, 3.63) is 30.5 Å². The SMILES string of the molecule is Cn1cc(NCC(N)CN)c2ccccc21. The van der Waals surface area contributed by atoms with Crippen LogP contribution in [0.1, 0.15) is 0 Å². The summed E-state index contributed by atoms with van der Waals surface area (Å²) in [6, 6.07) is 8.28. The Balaban J connectivity index is 2.24. The lowest BCUT2D eigenvalue weighted by Crippen LogP contribution is -2.36. The summed E-state index contributed by atoms with van der Waals surface area (Å²) in [7, 11) is 2.04. The van der Waals surface area contributed by atoms with Gasteiger partial charge < -0.3 is 21.4 Å². The number of nitrogens with zero attached hydrogens (tertiary/aromatic N) is 1. The van der Waals surface area contributed by atoms with Crippen molar-refractivity contribution in [1.29, 1.82) is 0 Å². The number of fused-ring (bicyclic) bond motifs is 1. The van der Waals surface area contributed by atoms with Crippen molar-refractivity contribution in [3.8, 4) is 0 Å². The van der Waals surface area contributed by atoms with Gasteiger partial charge in [-0.3, -0.25) is 0 Å². The first kappa shape index (κ1) is 11.0. The van der Waals surface area contributed by atoms with Crippen LogP contribution in [0.4, 0.5) is 5.69 Å². The van der Waals surface area contributed by atoms with E-state index in [1.807, 2.05) is 19.2 Å². The summed E-state index contributed by atoms with van der Waals surface area (Å²) in [5, 5.41) is 4.55. The first-order valence-corrected chi connectivity index (χ1v) is 5.46. The Labute approximate surface area is 95.2 Å². The number of hydrogen-bond donors (Lipinski definition) is 3. The van der Waals surface area contributed by atoms with E-state index in [1.165, 1.54) is 10.9 Å². The first-order chi connectivity index (χ1) is 7.72. The van der Waals surface area contributed by atoms with Crippen LogP contribution < -0.4 is 16.8 Å². The summed E-state index contributed by atoms with van der Waals surface area (Å²) in [5.74, 6) is 0. The second-order valence-electron chi connectivity index (χ2n) is 4.05. The molecule has 0 radical (unpaired) electrons. The Morgan fingerprint density at radius 3 is 2.88 bits per heavy atom. The van der Waals surface area contributed by atoms with Crippen LogP contribution in [-0.4, -0.2) is 23.7 Å². The Hall–Kier alpha value is -1.52. The Morgan fingerprint density at radius 2 is 2.12 bits per heavy atom. The molecule has 1 aromatic heterocycles. The fourth-order valence-corrected chi connectivity index (χ4v) is 1.81. The molecule has 1 heterocycles. The highest BCUT2D eigenvalue weighted by Crippen LogP contribution is 2.24. The number of rotatable bonds is 4. The molecule has 2 rings (SSSR count). The highest BCUT2D eigenvalue weighted by Gasteiger charge is 2.06. The fourth-order valence-electron chi connectivity index (χ4n) is 1.81. The molecule has 0 spiro atoms. The third-order valence-corrected chi connectivity index (χ3v) is 2.75. The third-order valence-electron chi connectivity index (χ3n) is 2.75. The molecule has 4 nitrogen and oxygen atoms in total. The predicted octanol–water partition coefficient (Wildman–Crippen LogP) is 0.876. The van der Waals surface area contributed by atoms with Gasteiger partial charge in [0, 0.05) is 43.3 Å². The van der Waals surface area contributed by atoms with E-state index in [9.17, 15) is 0 Å².